The first-order valence-electron chi connectivity index (χ1n) is 8.18. The van der Waals surface area contributed by atoms with Gasteiger partial charge in [-0.2, -0.15) is 0 Å². The molecule has 0 aromatic heterocycles. The third-order valence-electron chi connectivity index (χ3n) is 3.98. The number of likely N-dealkylation sites (N-methyl/N-ethyl adjacent to an activating group) is 1. The number of hydrogen-bond donors (Lipinski definition) is 1. The van der Waals surface area contributed by atoms with Crippen molar-refractivity contribution in [2.24, 2.45) is 0 Å². The number of carbonyl (C=O) groups excluding carboxylic acids is 1. The maximum atomic E-state index is 12.3. The van der Waals surface area contributed by atoms with Gasteiger partial charge < -0.3 is 14.8 Å². The molecule has 5 nitrogen and oxygen atoms in total. The van der Waals surface area contributed by atoms with Crippen LogP contribution in [-0.2, 0) is 4.79 Å². The highest BCUT2D eigenvalue weighted by atomic mass is 32.1. The third kappa shape index (κ3) is 3.30. The fourth-order valence-electron chi connectivity index (χ4n) is 2.76. The number of fused-ring (bicyclic) bond motifs is 1. The zero-order valence-electron chi connectivity index (χ0n) is 14.5. The minimum Gasteiger partial charge on any atom is -0.494 e. The van der Waals surface area contributed by atoms with Gasteiger partial charge in [0.25, 0.3) is 5.91 Å². The van der Waals surface area contributed by atoms with Gasteiger partial charge in [0.1, 0.15) is 17.2 Å². The maximum absolute atomic E-state index is 12.3. The number of carbonyl (C=O) groups is 1. The second-order valence-electron chi connectivity index (χ2n) is 5.58. The van der Waals surface area contributed by atoms with Crippen molar-refractivity contribution in [1.29, 1.82) is 0 Å². The molecule has 1 saturated heterocycles. The van der Waals surface area contributed by atoms with Crippen LogP contribution >= 0.6 is 12.2 Å². The van der Waals surface area contributed by atoms with E-state index in [1.165, 1.54) is 4.90 Å². The molecule has 2 aromatic carbocycles. The van der Waals surface area contributed by atoms with Crippen LogP contribution in [-0.4, -0.2) is 36.2 Å². The van der Waals surface area contributed by atoms with Gasteiger partial charge in [-0.05, 0) is 61.1 Å². The lowest BCUT2D eigenvalue weighted by Gasteiger charge is -2.13. The Morgan fingerprint density at radius 3 is 2.52 bits per heavy atom. The average Bonchev–Trinajstić information content (AvgIpc) is 2.84. The largest absolute Gasteiger partial charge is 0.494 e. The van der Waals surface area contributed by atoms with E-state index in [0.29, 0.717) is 29.8 Å². The van der Waals surface area contributed by atoms with E-state index in [0.717, 1.165) is 22.1 Å². The molecule has 0 unspecified atom stereocenters. The molecule has 0 bridgehead atoms. The van der Waals surface area contributed by atoms with Crippen LogP contribution in [0.15, 0.2) is 36.0 Å². The van der Waals surface area contributed by atoms with E-state index in [4.69, 9.17) is 21.7 Å². The molecule has 0 radical (unpaired) electrons. The summed E-state index contributed by atoms with van der Waals surface area (Å²) < 4.78 is 11.4. The normalized spacial score (nSPS) is 15.8. The number of rotatable bonds is 5. The van der Waals surface area contributed by atoms with Gasteiger partial charge in [0.2, 0.25) is 0 Å². The van der Waals surface area contributed by atoms with Crippen molar-refractivity contribution in [3.63, 3.8) is 0 Å². The predicted molar refractivity (Wildman–Crippen MR) is 103 cm³/mol. The Morgan fingerprint density at radius 1 is 1.16 bits per heavy atom. The van der Waals surface area contributed by atoms with Crippen LogP contribution in [0.5, 0.6) is 11.5 Å². The van der Waals surface area contributed by atoms with E-state index in [-0.39, 0.29) is 5.91 Å². The molecule has 2 aromatic rings. The molecular weight excluding hydrogens is 336 g/mol. The molecule has 1 aliphatic heterocycles. The van der Waals surface area contributed by atoms with E-state index in [1.807, 2.05) is 44.2 Å². The predicted octanol–water partition coefficient (Wildman–Crippen LogP) is 3.32. The SMILES string of the molecule is CCOc1ccc2ccc(OCC)c(/C=C3\NC(=S)N(C)C3=O)c2c1. The first-order valence-corrected chi connectivity index (χ1v) is 8.59. The Labute approximate surface area is 152 Å². The molecule has 6 heteroatoms. The van der Waals surface area contributed by atoms with Crippen molar-refractivity contribution in [2.75, 3.05) is 20.3 Å². The summed E-state index contributed by atoms with van der Waals surface area (Å²) in [6, 6.07) is 9.82. The third-order valence-corrected chi connectivity index (χ3v) is 4.35. The van der Waals surface area contributed by atoms with Crippen LogP contribution in [0.4, 0.5) is 0 Å². The zero-order chi connectivity index (χ0) is 18.0. The summed E-state index contributed by atoms with van der Waals surface area (Å²) in [6.45, 7) is 5.00. The summed E-state index contributed by atoms with van der Waals surface area (Å²) >= 11 is 5.15. The highest BCUT2D eigenvalue weighted by Crippen LogP contribution is 2.33. The van der Waals surface area contributed by atoms with E-state index < -0.39 is 0 Å². The van der Waals surface area contributed by atoms with E-state index in [1.54, 1.807) is 13.1 Å². The molecule has 1 N–H and O–H groups in total. The van der Waals surface area contributed by atoms with Gasteiger partial charge in [0.15, 0.2) is 5.11 Å². The van der Waals surface area contributed by atoms with Crippen LogP contribution in [0, 0.1) is 0 Å². The number of amides is 1. The fraction of sp³-hybridized carbons (Fsp3) is 0.263. The van der Waals surface area contributed by atoms with Gasteiger partial charge in [0, 0.05) is 12.6 Å². The summed E-state index contributed by atoms with van der Waals surface area (Å²) in [4.78, 5) is 13.8. The molecule has 1 heterocycles. The Morgan fingerprint density at radius 2 is 1.88 bits per heavy atom. The molecule has 130 valence electrons. The van der Waals surface area contributed by atoms with Crippen LogP contribution in [0.2, 0.25) is 0 Å². The maximum Gasteiger partial charge on any atom is 0.276 e. The summed E-state index contributed by atoms with van der Waals surface area (Å²) in [6.07, 6.45) is 1.79. The number of nitrogens with zero attached hydrogens (tertiary/aromatic N) is 1. The molecule has 0 atom stereocenters. The Hall–Kier alpha value is -2.60. The monoisotopic (exact) mass is 356 g/mol. The van der Waals surface area contributed by atoms with Gasteiger partial charge >= 0.3 is 0 Å². The summed E-state index contributed by atoms with van der Waals surface area (Å²) in [5.74, 6) is 1.33. The van der Waals surface area contributed by atoms with Crippen LogP contribution in [0.1, 0.15) is 19.4 Å². The Balaban J connectivity index is 2.19. The lowest BCUT2D eigenvalue weighted by molar-refractivity contribution is -0.121. The summed E-state index contributed by atoms with van der Waals surface area (Å²) in [5, 5.41) is 5.35. The highest BCUT2D eigenvalue weighted by molar-refractivity contribution is 7.80. The van der Waals surface area contributed by atoms with Crippen molar-refractivity contribution in [1.82, 2.24) is 10.2 Å². The molecular formula is C19H20N2O3S. The van der Waals surface area contributed by atoms with E-state index >= 15 is 0 Å². The van der Waals surface area contributed by atoms with Crippen LogP contribution in [0.25, 0.3) is 16.8 Å². The lowest BCUT2D eigenvalue weighted by atomic mass is 10.0. The average molecular weight is 356 g/mol. The van der Waals surface area contributed by atoms with Crippen molar-refractivity contribution in [2.45, 2.75) is 13.8 Å². The van der Waals surface area contributed by atoms with E-state index in [9.17, 15) is 4.79 Å². The van der Waals surface area contributed by atoms with Crippen molar-refractivity contribution in [3.8, 4) is 11.5 Å². The highest BCUT2D eigenvalue weighted by Gasteiger charge is 2.27. The first-order chi connectivity index (χ1) is 12.0. The van der Waals surface area contributed by atoms with E-state index in [2.05, 4.69) is 5.32 Å². The van der Waals surface area contributed by atoms with Crippen LogP contribution < -0.4 is 14.8 Å². The zero-order valence-corrected chi connectivity index (χ0v) is 15.3. The second-order valence-corrected chi connectivity index (χ2v) is 5.97. The lowest BCUT2D eigenvalue weighted by Crippen LogP contribution is -2.25. The summed E-state index contributed by atoms with van der Waals surface area (Å²) in [7, 11) is 1.65. The van der Waals surface area contributed by atoms with Gasteiger partial charge in [-0.3, -0.25) is 9.69 Å². The minimum atomic E-state index is -0.162. The molecule has 1 aliphatic rings. The quantitative estimate of drug-likeness (QED) is 0.658. The number of benzene rings is 2. The Bertz CT molecular complexity index is 871. The number of hydrogen-bond acceptors (Lipinski definition) is 4. The molecule has 25 heavy (non-hydrogen) atoms. The second kappa shape index (κ2) is 7.11. The number of nitrogens with one attached hydrogen (secondary N) is 1. The smallest absolute Gasteiger partial charge is 0.276 e. The molecule has 3 rings (SSSR count). The standard InChI is InChI=1S/C19H20N2O3S/c1-4-23-13-8-6-12-7-9-17(24-5-2)15(14(12)10-13)11-16-18(22)21(3)19(25)20-16/h6-11H,4-5H2,1-3H3,(H,20,25)/b16-11-. The summed E-state index contributed by atoms with van der Waals surface area (Å²) in [5.41, 5.74) is 1.26. The molecule has 1 amide bonds. The number of thiocarbonyl (C=S) groups is 1. The van der Waals surface area contributed by atoms with Crippen LogP contribution in [0.3, 0.4) is 0 Å². The van der Waals surface area contributed by atoms with Gasteiger partial charge in [-0.15, -0.1) is 0 Å². The van der Waals surface area contributed by atoms with Crippen molar-refractivity contribution in [3.05, 3.63) is 41.6 Å². The Kier molecular flexibility index (Phi) is 4.90. The van der Waals surface area contributed by atoms with Gasteiger partial charge in [0.05, 0.1) is 13.2 Å². The number of ether oxygens (including phenoxy) is 2. The first kappa shape index (κ1) is 17.2. The molecule has 0 aliphatic carbocycles. The van der Waals surface area contributed by atoms with Crippen molar-refractivity contribution >= 4 is 40.1 Å². The molecule has 1 fully saturated rings. The fourth-order valence-corrected chi connectivity index (χ4v) is 2.95. The van der Waals surface area contributed by atoms with Gasteiger partial charge in [-0.1, -0.05) is 12.1 Å². The molecule has 0 saturated carbocycles. The van der Waals surface area contributed by atoms with Crippen molar-refractivity contribution < 1.29 is 14.3 Å². The minimum absolute atomic E-state index is 0.162. The topological polar surface area (TPSA) is 50.8 Å². The molecule has 0 spiro atoms. The van der Waals surface area contributed by atoms with Gasteiger partial charge in [-0.25, -0.2) is 0 Å².